The number of carbonyl (C=O) groups excluding carboxylic acids is 1. The maximum Gasteiger partial charge on any atom is 0.341 e. The van der Waals surface area contributed by atoms with Crippen LogP contribution in [0.4, 0.5) is 5.00 Å². The first-order valence-electron chi connectivity index (χ1n) is 10.5. The van der Waals surface area contributed by atoms with Gasteiger partial charge in [0.25, 0.3) is 0 Å². The highest BCUT2D eigenvalue weighted by molar-refractivity contribution is 7.80. The Morgan fingerprint density at radius 1 is 1.07 bits per heavy atom. The van der Waals surface area contributed by atoms with Crippen molar-refractivity contribution in [3.63, 3.8) is 0 Å². The molecule has 1 heterocycles. The van der Waals surface area contributed by atoms with Gasteiger partial charge in [-0.2, -0.15) is 0 Å². The zero-order valence-corrected chi connectivity index (χ0v) is 18.5. The predicted octanol–water partition coefficient (Wildman–Crippen LogP) is 5.84. The van der Waals surface area contributed by atoms with Crippen molar-refractivity contribution in [3.05, 3.63) is 16.0 Å². The summed E-state index contributed by atoms with van der Waals surface area (Å²) in [4.78, 5) is 13.9. The van der Waals surface area contributed by atoms with Crippen LogP contribution in [0.3, 0.4) is 0 Å². The number of nitrogens with one attached hydrogen (secondary N) is 2. The van der Waals surface area contributed by atoms with Crippen LogP contribution in [0.1, 0.15) is 92.4 Å². The Morgan fingerprint density at radius 2 is 1.81 bits per heavy atom. The van der Waals surface area contributed by atoms with Gasteiger partial charge in [0.05, 0.1) is 12.2 Å². The van der Waals surface area contributed by atoms with E-state index in [1.54, 1.807) is 11.3 Å². The Morgan fingerprint density at radius 3 is 2.56 bits per heavy atom. The molecule has 6 heteroatoms. The first kappa shape index (κ1) is 22.2. The SMILES string of the molecule is CCCCCCCNC(=S)Nc1sc2c(c1C(=O)OCC)CCCCCC2. The Bertz CT molecular complexity index is 614. The predicted molar refractivity (Wildman–Crippen MR) is 119 cm³/mol. The molecule has 0 unspecified atom stereocenters. The molecule has 0 amide bonds. The van der Waals surface area contributed by atoms with Crippen molar-refractivity contribution < 1.29 is 9.53 Å². The molecule has 0 radical (unpaired) electrons. The summed E-state index contributed by atoms with van der Waals surface area (Å²) >= 11 is 7.15. The number of unbranched alkanes of at least 4 members (excludes halogenated alkanes) is 4. The second kappa shape index (κ2) is 12.3. The smallest absolute Gasteiger partial charge is 0.341 e. The second-order valence-corrected chi connectivity index (χ2v) is 8.65. The molecule has 0 saturated carbocycles. The maximum atomic E-state index is 12.6. The number of thiocarbonyl (C=S) groups is 1. The number of aryl methyl sites for hydroxylation is 1. The quantitative estimate of drug-likeness (QED) is 0.304. The van der Waals surface area contributed by atoms with Crippen molar-refractivity contribution in [2.45, 2.75) is 84.5 Å². The lowest BCUT2D eigenvalue weighted by molar-refractivity contribution is 0.0526. The van der Waals surface area contributed by atoms with E-state index in [4.69, 9.17) is 17.0 Å². The Hall–Kier alpha value is -1.14. The van der Waals surface area contributed by atoms with E-state index in [2.05, 4.69) is 17.6 Å². The molecule has 2 N–H and O–H groups in total. The number of fused-ring (bicyclic) bond motifs is 1. The molecule has 1 aliphatic rings. The van der Waals surface area contributed by atoms with E-state index in [-0.39, 0.29) is 5.97 Å². The minimum atomic E-state index is -0.222. The van der Waals surface area contributed by atoms with Crippen molar-refractivity contribution in [1.82, 2.24) is 5.32 Å². The lowest BCUT2D eigenvalue weighted by atomic mass is 9.96. The summed E-state index contributed by atoms with van der Waals surface area (Å²) in [5.41, 5.74) is 1.90. The molecule has 0 saturated heterocycles. The summed E-state index contributed by atoms with van der Waals surface area (Å²) in [5.74, 6) is -0.222. The van der Waals surface area contributed by atoms with Crippen molar-refractivity contribution in [1.29, 1.82) is 0 Å². The van der Waals surface area contributed by atoms with Gasteiger partial charge in [-0.05, 0) is 56.8 Å². The molecule has 2 rings (SSSR count). The summed E-state index contributed by atoms with van der Waals surface area (Å²) in [6.07, 6.45) is 13.0. The Kier molecular flexibility index (Phi) is 10.1. The van der Waals surface area contributed by atoms with E-state index in [9.17, 15) is 4.79 Å². The second-order valence-electron chi connectivity index (χ2n) is 7.14. The number of carbonyl (C=O) groups is 1. The Balaban J connectivity index is 2.02. The normalized spacial score (nSPS) is 14.0. The van der Waals surface area contributed by atoms with Crippen LogP contribution in [-0.2, 0) is 17.6 Å². The number of anilines is 1. The summed E-state index contributed by atoms with van der Waals surface area (Å²) in [6.45, 7) is 5.34. The highest BCUT2D eigenvalue weighted by Gasteiger charge is 2.25. The highest BCUT2D eigenvalue weighted by Crippen LogP contribution is 2.37. The highest BCUT2D eigenvalue weighted by atomic mass is 32.1. The number of ether oxygens (including phenoxy) is 1. The van der Waals surface area contributed by atoms with Crippen LogP contribution in [-0.4, -0.2) is 24.2 Å². The molecule has 1 aromatic heterocycles. The molecule has 4 nitrogen and oxygen atoms in total. The van der Waals surface area contributed by atoms with Gasteiger partial charge in [-0.25, -0.2) is 4.79 Å². The third kappa shape index (κ3) is 7.07. The molecule has 152 valence electrons. The van der Waals surface area contributed by atoms with E-state index >= 15 is 0 Å². The van der Waals surface area contributed by atoms with E-state index in [1.165, 1.54) is 55.4 Å². The summed E-state index contributed by atoms with van der Waals surface area (Å²) in [5, 5.41) is 8.03. The van der Waals surface area contributed by atoms with Gasteiger partial charge in [-0.15, -0.1) is 11.3 Å². The van der Waals surface area contributed by atoms with Gasteiger partial charge in [0.1, 0.15) is 5.00 Å². The molecule has 0 aromatic carbocycles. The minimum absolute atomic E-state index is 0.222. The van der Waals surface area contributed by atoms with Gasteiger partial charge in [-0.1, -0.05) is 45.4 Å². The summed E-state index contributed by atoms with van der Waals surface area (Å²) < 4.78 is 5.35. The molecule has 1 aliphatic carbocycles. The van der Waals surface area contributed by atoms with Gasteiger partial charge in [0, 0.05) is 11.4 Å². The molecule has 0 spiro atoms. The molecule has 0 aliphatic heterocycles. The van der Waals surface area contributed by atoms with Crippen molar-refractivity contribution in [3.8, 4) is 0 Å². The molecule has 27 heavy (non-hydrogen) atoms. The standard InChI is InChI=1S/C21H34N2O2S2/c1-3-5-6-9-12-15-22-21(26)23-19-18(20(24)25-4-2)16-13-10-7-8-11-14-17(16)27-19/h3-15H2,1-2H3,(H2,22,23,26). The van der Waals surface area contributed by atoms with Crippen LogP contribution in [0.25, 0.3) is 0 Å². The van der Waals surface area contributed by atoms with E-state index in [0.717, 1.165) is 37.2 Å². The first-order chi connectivity index (χ1) is 13.2. The number of thiophene rings is 1. The van der Waals surface area contributed by atoms with Gasteiger partial charge >= 0.3 is 5.97 Å². The molecule has 1 aromatic rings. The van der Waals surface area contributed by atoms with Crippen molar-refractivity contribution in [2.24, 2.45) is 0 Å². The van der Waals surface area contributed by atoms with Crippen molar-refractivity contribution in [2.75, 3.05) is 18.5 Å². The number of rotatable bonds is 9. The van der Waals surface area contributed by atoms with Crippen LogP contribution in [0.15, 0.2) is 0 Å². The third-order valence-electron chi connectivity index (χ3n) is 4.94. The summed E-state index contributed by atoms with van der Waals surface area (Å²) in [6, 6.07) is 0. The lowest BCUT2D eigenvalue weighted by Crippen LogP contribution is -2.29. The maximum absolute atomic E-state index is 12.6. The average molecular weight is 411 g/mol. The van der Waals surface area contributed by atoms with Gasteiger partial charge in [0.15, 0.2) is 5.11 Å². The van der Waals surface area contributed by atoms with Crippen molar-refractivity contribution >= 4 is 39.6 Å². The lowest BCUT2D eigenvalue weighted by Gasteiger charge is -2.12. The fraction of sp³-hybridized carbons (Fsp3) is 0.714. The fourth-order valence-electron chi connectivity index (χ4n) is 3.50. The first-order valence-corrected chi connectivity index (χ1v) is 11.8. The van der Waals surface area contributed by atoms with E-state index in [1.807, 2.05) is 6.92 Å². The monoisotopic (exact) mass is 410 g/mol. The zero-order chi connectivity index (χ0) is 19.5. The summed E-state index contributed by atoms with van der Waals surface area (Å²) in [7, 11) is 0. The molecule has 0 atom stereocenters. The van der Waals surface area contributed by atoms with Crippen LogP contribution in [0.2, 0.25) is 0 Å². The largest absolute Gasteiger partial charge is 0.462 e. The average Bonchev–Trinajstić information content (AvgIpc) is 2.94. The third-order valence-corrected chi connectivity index (χ3v) is 6.40. The number of hydrogen-bond donors (Lipinski definition) is 2. The number of hydrogen-bond acceptors (Lipinski definition) is 4. The van der Waals surface area contributed by atoms with Crippen LogP contribution in [0.5, 0.6) is 0 Å². The zero-order valence-electron chi connectivity index (χ0n) is 16.8. The minimum Gasteiger partial charge on any atom is -0.462 e. The molecular weight excluding hydrogens is 376 g/mol. The fourth-order valence-corrected chi connectivity index (χ4v) is 5.06. The molecule has 0 bridgehead atoms. The van der Waals surface area contributed by atoms with Gasteiger partial charge in [-0.3, -0.25) is 0 Å². The Labute approximate surface area is 173 Å². The number of esters is 1. The van der Waals surface area contributed by atoms with Crippen LogP contribution >= 0.6 is 23.6 Å². The van der Waals surface area contributed by atoms with Crippen LogP contribution in [0, 0.1) is 0 Å². The van der Waals surface area contributed by atoms with Crippen LogP contribution < -0.4 is 10.6 Å². The van der Waals surface area contributed by atoms with Gasteiger partial charge in [0.2, 0.25) is 0 Å². The topological polar surface area (TPSA) is 50.4 Å². The molecule has 0 fully saturated rings. The van der Waals surface area contributed by atoms with E-state index in [0.29, 0.717) is 17.3 Å². The molecular formula is C21H34N2O2S2. The van der Waals surface area contributed by atoms with Gasteiger partial charge < -0.3 is 15.4 Å². The van der Waals surface area contributed by atoms with E-state index < -0.39 is 0 Å².